The van der Waals surface area contributed by atoms with Gasteiger partial charge in [-0.2, -0.15) is 0 Å². The van der Waals surface area contributed by atoms with E-state index < -0.39 is 0 Å². The molecule has 1 aliphatic heterocycles. The summed E-state index contributed by atoms with van der Waals surface area (Å²) < 4.78 is 10.5. The van der Waals surface area contributed by atoms with Crippen LogP contribution in [0, 0.1) is 0 Å². The van der Waals surface area contributed by atoms with Crippen LogP contribution in [0.1, 0.15) is 30.5 Å². The number of hydrogen-bond acceptors (Lipinski definition) is 4. The molecule has 4 rings (SSSR count). The van der Waals surface area contributed by atoms with Crippen LogP contribution in [-0.4, -0.2) is 19.7 Å². The standard InChI is InChI=1S/C24H23NO3/c1-3-28-23(26)15-18-14-22(17-8-11-19(27-2)12-9-17)25-21-13-10-16-6-4-5-7-20(16)24(18)21/h4-14,22,25H,3,15H2,1-2H3. The predicted octanol–water partition coefficient (Wildman–Crippen LogP) is 5.35. The first-order valence-electron chi connectivity index (χ1n) is 9.48. The zero-order valence-electron chi connectivity index (χ0n) is 16.1. The number of anilines is 1. The fourth-order valence-corrected chi connectivity index (χ4v) is 3.74. The van der Waals surface area contributed by atoms with E-state index in [4.69, 9.17) is 9.47 Å². The molecule has 0 amide bonds. The maximum Gasteiger partial charge on any atom is 0.310 e. The van der Waals surface area contributed by atoms with Gasteiger partial charge in [0.25, 0.3) is 0 Å². The normalized spacial score (nSPS) is 15.4. The third kappa shape index (κ3) is 3.46. The van der Waals surface area contributed by atoms with E-state index >= 15 is 0 Å². The topological polar surface area (TPSA) is 47.6 Å². The molecule has 0 fully saturated rings. The molecule has 28 heavy (non-hydrogen) atoms. The van der Waals surface area contributed by atoms with Gasteiger partial charge >= 0.3 is 5.97 Å². The van der Waals surface area contributed by atoms with Gasteiger partial charge in [-0.25, -0.2) is 0 Å². The number of benzene rings is 3. The number of methoxy groups -OCH3 is 1. The molecule has 3 aromatic carbocycles. The van der Waals surface area contributed by atoms with Crippen LogP contribution in [0.4, 0.5) is 5.69 Å². The monoisotopic (exact) mass is 373 g/mol. The third-order valence-corrected chi connectivity index (χ3v) is 5.04. The van der Waals surface area contributed by atoms with E-state index in [0.717, 1.165) is 38.9 Å². The second-order valence-electron chi connectivity index (χ2n) is 6.78. The number of esters is 1. The summed E-state index contributed by atoms with van der Waals surface area (Å²) in [6.07, 6.45) is 2.39. The minimum Gasteiger partial charge on any atom is -0.497 e. The zero-order chi connectivity index (χ0) is 19.5. The van der Waals surface area contributed by atoms with Crippen molar-refractivity contribution in [2.24, 2.45) is 0 Å². The van der Waals surface area contributed by atoms with E-state index in [1.54, 1.807) is 7.11 Å². The molecular weight excluding hydrogens is 350 g/mol. The number of nitrogens with one attached hydrogen (secondary N) is 1. The van der Waals surface area contributed by atoms with Crippen LogP contribution in [0.15, 0.2) is 66.7 Å². The Morgan fingerprint density at radius 2 is 1.82 bits per heavy atom. The van der Waals surface area contributed by atoms with Crippen molar-refractivity contribution in [3.05, 3.63) is 77.9 Å². The molecule has 0 spiro atoms. The lowest BCUT2D eigenvalue weighted by Crippen LogP contribution is -2.16. The Morgan fingerprint density at radius 1 is 1.04 bits per heavy atom. The minimum absolute atomic E-state index is 0.0241. The van der Waals surface area contributed by atoms with Gasteiger partial charge in [-0.15, -0.1) is 0 Å². The lowest BCUT2D eigenvalue weighted by atomic mass is 9.88. The molecule has 1 heterocycles. The molecule has 0 aliphatic carbocycles. The van der Waals surface area contributed by atoms with E-state index in [-0.39, 0.29) is 18.4 Å². The number of ether oxygens (including phenoxy) is 2. The Kier molecular flexibility index (Phi) is 5.02. The Labute approximate surface area is 164 Å². The molecule has 142 valence electrons. The van der Waals surface area contributed by atoms with Crippen LogP contribution in [0.5, 0.6) is 5.75 Å². The Hall–Kier alpha value is -3.27. The average Bonchev–Trinajstić information content (AvgIpc) is 2.73. The number of fused-ring (bicyclic) bond motifs is 3. The molecule has 4 nitrogen and oxygen atoms in total. The molecule has 1 N–H and O–H groups in total. The smallest absolute Gasteiger partial charge is 0.310 e. The van der Waals surface area contributed by atoms with Crippen LogP contribution in [-0.2, 0) is 9.53 Å². The molecule has 1 aliphatic rings. The molecule has 0 saturated carbocycles. The average molecular weight is 373 g/mol. The third-order valence-electron chi connectivity index (χ3n) is 5.04. The SMILES string of the molecule is CCOC(=O)CC1=CC(c2ccc(OC)cc2)Nc2ccc3ccccc3c21. The van der Waals surface area contributed by atoms with Gasteiger partial charge in [0.15, 0.2) is 0 Å². The van der Waals surface area contributed by atoms with Gasteiger partial charge in [0.1, 0.15) is 5.75 Å². The van der Waals surface area contributed by atoms with Crippen LogP contribution in [0.2, 0.25) is 0 Å². The van der Waals surface area contributed by atoms with E-state index in [0.29, 0.717) is 6.61 Å². The zero-order valence-corrected chi connectivity index (χ0v) is 16.1. The van der Waals surface area contributed by atoms with Crippen LogP contribution in [0.3, 0.4) is 0 Å². The highest BCUT2D eigenvalue weighted by Crippen LogP contribution is 2.41. The summed E-state index contributed by atoms with van der Waals surface area (Å²) in [6, 6.07) is 20.4. The van der Waals surface area contributed by atoms with Crippen molar-refractivity contribution in [3.63, 3.8) is 0 Å². The Balaban J connectivity index is 1.79. The van der Waals surface area contributed by atoms with Gasteiger partial charge in [0, 0.05) is 11.3 Å². The van der Waals surface area contributed by atoms with Crippen LogP contribution < -0.4 is 10.1 Å². The summed E-state index contributed by atoms with van der Waals surface area (Å²) >= 11 is 0. The van der Waals surface area contributed by atoms with Crippen LogP contribution >= 0.6 is 0 Å². The molecule has 0 bridgehead atoms. The molecule has 4 heteroatoms. The summed E-state index contributed by atoms with van der Waals surface area (Å²) in [6.45, 7) is 2.22. The molecule has 0 aromatic heterocycles. The number of hydrogen-bond donors (Lipinski definition) is 1. The predicted molar refractivity (Wildman–Crippen MR) is 113 cm³/mol. The second-order valence-corrected chi connectivity index (χ2v) is 6.78. The van der Waals surface area contributed by atoms with E-state index in [1.807, 2.05) is 43.3 Å². The summed E-state index contributed by atoms with van der Waals surface area (Å²) in [5.74, 6) is 0.615. The first-order valence-corrected chi connectivity index (χ1v) is 9.48. The molecule has 1 unspecified atom stereocenters. The highest BCUT2D eigenvalue weighted by atomic mass is 16.5. The number of rotatable bonds is 5. The maximum atomic E-state index is 12.3. The van der Waals surface area contributed by atoms with Crippen molar-refractivity contribution >= 4 is 28.0 Å². The summed E-state index contributed by atoms with van der Waals surface area (Å²) in [4.78, 5) is 12.3. The Morgan fingerprint density at radius 3 is 2.57 bits per heavy atom. The molecule has 0 radical (unpaired) electrons. The lowest BCUT2D eigenvalue weighted by molar-refractivity contribution is -0.141. The van der Waals surface area contributed by atoms with Gasteiger partial charge < -0.3 is 14.8 Å². The summed E-state index contributed by atoms with van der Waals surface area (Å²) in [5, 5.41) is 5.90. The second kappa shape index (κ2) is 7.77. The van der Waals surface area contributed by atoms with Crippen molar-refractivity contribution in [1.29, 1.82) is 0 Å². The summed E-state index contributed by atoms with van der Waals surface area (Å²) in [5.41, 5.74) is 4.21. The first-order chi connectivity index (χ1) is 13.7. The van der Waals surface area contributed by atoms with Gasteiger partial charge in [0.05, 0.1) is 26.2 Å². The lowest BCUT2D eigenvalue weighted by Gasteiger charge is -2.28. The van der Waals surface area contributed by atoms with Crippen molar-refractivity contribution in [2.75, 3.05) is 19.0 Å². The van der Waals surface area contributed by atoms with Gasteiger partial charge in [0.2, 0.25) is 0 Å². The molecular formula is C24H23NO3. The van der Waals surface area contributed by atoms with E-state index in [2.05, 4.69) is 35.7 Å². The van der Waals surface area contributed by atoms with Gasteiger partial charge in [-0.3, -0.25) is 4.79 Å². The fourth-order valence-electron chi connectivity index (χ4n) is 3.74. The quantitative estimate of drug-likeness (QED) is 0.612. The van der Waals surface area contributed by atoms with Crippen molar-refractivity contribution in [2.45, 2.75) is 19.4 Å². The fraction of sp³-hybridized carbons (Fsp3) is 0.208. The van der Waals surface area contributed by atoms with Crippen LogP contribution in [0.25, 0.3) is 16.3 Å². The van der Waals surface area contributed by atoms with Crippen molar-refractivity contribution < 1.29 is 14.3 Å². The maximum absolute atomic E-state index is 12.3. The first kappa shape index (κ1) is 18.1. The van der Waals surface area contributed by atoms with Gasteiger partial charge in [-0.1, -0.05) is 48.5 Å². The number of carbonyl (C=O) groups excluding carboxylic acids is 1. The highest BCUT2D eigenvalue weighted by molar-refractivity contribution is 6.03. The largest absolute Gasteiger partial charge is 0.497 e. The van der Waals surface area contributed by atoms with E-state index in [1.165, 1.54) is 0 Å². The summed E-state index contributed by atoms with van der Waals surface area (Å²) in [7, 11) is 1.66. The Bertz CT molecular complexity index is 1040. The van der Waals surface area contributed by atoms with Crippen molar-refractivity contribution in [3.8, 4) is 5.75 Å². The van der Waals surface area contributed by atoms with Crippen molar-refractivity contribution in [1.82, 2.24) is 0 Å². The molecule has 0 saturated heterocycles. The number of carbonyl (C=O) groups is 1. The highest BCUT2D eigenvalue weighted by Gasteiger charge is 2.24. The molecule has 1 atom stereocenters. The minimum atomic E-state index is -0.206. The molecule has 3 aromatic rings. The van der Waals surface area contributed by atoms with Gasteiger partial charge in [-0.05, 0) is 47.0 Å². The van der Waals surface area contributed by atoms with E-state index in [9.17, 15) is 4.79 Å².